The summed E-state index contributed by atoms with van der Waals surface area (Å²) in [5.41, 5.74) is 0. The predicted molar refractivity (Wildman–Crippen MR) is 98.8 cm³/mol. The minimum atomic E-state index is -0.129. The van der Waals surface area contributed by atoms with E-state index in [1.54, 1.807) is 12.3 Å². The number of halogens is 1. The van der Waals surface area contributed by atoms with Crippen molar-refractivity contribution in [2.75, 3.05) is 50.9 Å². The molecule has 2 saturated heterocycles. The van der Waals surface area contributed by atoms with E-state index in [9.17, 15) is 4.79 Å². The molecule has 4 heterocycles. The van der Waals surface area contributed by atoms with Crippen molar-refractivity contribution in [3.8, 4) is 5.75 Å². The molecule has 0 aliphatic carbocycles. The van der Waals surface area contributed by atoms with Gasteiger partial charge in [0.25, 0.3) is 0 Å². The van der Waals surface area contributed by atoms with Gasteiger partial charge in [0, 0.05) is 37.9 Å². The molecular weight excluding hydrogens is 356 g/mol. The maximum absolute atomic E-state index is 12.8. The van der Waals surface area contributed by atoms with E-state index in [0.717, 1.165) is 31.1 Å². The van der Waals surface area contributed by atoms with Gasteiger partial charge in [-0.05, 0) is 13.0 Å². The number of nitrogens with zero attached hydrogens (tertiary/aromatic N) is 3. The molecule has 0 saturated carbocycles. The minimum absolute atomic E-state index is 0.126. The first-order valence-electron chi connectivity index (χ1n) is 9.26. The highest BCUT2D eigenvalue weighted by atomic mass is 35.5. The molecule has 3 atom stereocenters. The Morgan fingerprint density at radius 1 is 1.54 bits per heavy atom. The molecule has 0 bridgehead atoms. The fourth-order valence-corrected chi connectivity index (χ4v) is 3.81. The van der Waals surface area contributed by atoms with Gasteiger partial charge in [0.2, 0.25) is 5.91 Å². The second kappa shape index (κ2) is 7.58. The molecule has 2 fully saturated rings. The number of hydrogen-bond donors (Lipinski definition) is 1. The monoisotopic (exact) mass is 380 g/mol. The molecule has 142 valence electrons. The van der Waals surface area contributed by atoms with Crippen molar-refractivity contribution in [3.05, 3.63) is 17.3 Å². The molecule has 3 aliphatic heterocycles. The number of ether oxygens (including phenoxy) is 2. The number of nitrogens with one attached hydrogen (secondary N) is 1. The average Bonchev–Trinajstić information content (AvgIpc) is 2.62. The van der Waals surface area contributed by atoms with Gasteiger partial charge in [-0.1, -0.05) is 18.5 Å². The van der Waals surface area contributed by atoms with Crippen LogP contribution in [0.3, 0.4) is 0 Å². The lowest BCUT2D eigenvalue weighted by molar-refractivity contribution is -0.138. The normalized spacial score (nSPS) is 25.6. The van der Waals surface area contributed by atoms with Crippen LogP contribution in [0.2, 0.25) is 5.02 Å². The molecule has 3 unspecified atom stereocenters. The number of piperazine rings is 1. The Balaban J connectivity index is 1.31. The number of pyridine rings is 1. The fraction of sp³-hybridized carbons (Fsp3) is 0.667. The first kappa shape index (κ1) is 17.8. The number of aromatic nitrogens is 1. The van der Waals surface area contributed by atoms with Crippen molar-refractivity contribution in [2.24, 2.45) is 5.92 Å². The van der Waals surface area contributed by atoms with Crippen LogP contribution in [0.1, 0.15) is 13.3 Å². The summed E-state index contributed by atoms with van der Waals surface area (Å²) in [7, 11) is 0. The lowest BCUT2D eigenvalue weighted by Gasteiger charge is -2.45. The van der Waals surface area contributed by atoms with E-state index < -0.39 is 0 Å². The molecule has 1 aromatic heterocycles. The van der Waals surface area contributed by atoms with Crippen molar-refractivity contribution in [2.45, 2.75) is 25.4 Å². The first-order chi connectivity index (χ1) is 12.6. The van der Waals surface area contributed by atoms with E-state index in [4.69, 9.17) is 21.1 Å². The van der Waals surface area contributed by atoms with Crippen LogP contribution in [-0.4, -0.2) is 73.9 Å². The smallest absolute Gasteiger partial charge is 0.227 e. The summed E-state index contributed by atoms with van der Waals surface area (Å²) in [6, 6.07) is 2.39. The quantitative estimate of drug-likeness (QED) is 0.826. The topological polar surface area (TPSA) is 66.9 Å². The highest BCUT2D eigenvalue weighted by molar-refractivity contribution is 6.30. The van der Waals surface area contributed by atoms with Gasteiger partial charge in [-0.25, -0.2) is 4.98 Å². The largest absolute Gasteiger partial charge is 0.487 e. The van der Waals surface area contributed by atoms with Crippen molar-refractivity contribution < 1.29 is 14.3 Å². The number of carbonyl (C=O) groups is 1. The number of rotatable bonds is 5. The number of amides is 1. The number of carbonyl (C=O) groups excluding carboxylic acids is 1. The summed E-state index contributed by atoms with van der Waals surface area (Å²) in [4.78, 5) is 21.3. The van der Waals surface area contributed by atoms with Gasteiger partial charge in [-0.3, -0.25) is 4.79 Å². The minimum Gasteiger partial charge on any atom is -0.487 e. The Morgan fingerprint density at radius 3 is 3.15 bits per heavy atom. The zero-order chi connectivity index (χ0) is 18.1. The number of hydrogen-bond acceptors (Lipinski definition) is 6. The maximum atomic E-state index is 12.8. The summed E-state index contributed by atoms with van der Waals surface area (Å²) in [5, 5.41) is 3.87. The lowest BCUT2D eigenvalue weighted by atomic mass is 10.1. The molecule has 1 N–H and O–H groups in total. The number of fused-ring (bicyclic) bond motifs is 3. The van der Waals surface area contributed by atoms with Gasteiger partial charge in [0.1, 0.15) is 6.61 Å². The van der Waals surface area contributed by atoms with Crippen LogP contribution in [0.25, 0.3) is 0 Å². The standard InChI is InChI=1S/C18H25ClN4O3/c1-12(9-25-10-14-2-3-20-14)18(24)22-4-5-23-15(8-22)11-26-16-6-13(19)7-21-17(16)23/h6-7,12,14-15,20H,2-5,8-11H2,1H3. The molecule has 26 heavy (non-hydrogen) atoms. The number of anilines is 1. The molecule has 0 aromatic carbocycles. The van der Waals surface area contributed by atoms with Gasteiger partial charge >= 0.3 is 0 Å². The van der Waals surface area contributed by atoms with E-state index >= 15 is 0 Å². The Morgan fingerprint density at radius 2 is 2.38 bits per heavy atom. The van der Waals surface area contributed by atoms with Crippen LogP contribution >= 0.6 is 11.6 Å². The van der Waals surface area contributed by atoms with Crippen molar-refractivity contribution in [3.63, 3.8) is 0 Å². The van der Waals surface area contributed by atoms with E-state index in [-0.39, 0.29) is 17.9 Å². The lowest BCUT2D eigenvalue weighted by Crippen LogP contribution is -2.59. The first-order valence-corrected chi connectivity index (χ1v) is 9.64. The Hall–Kier alpha value is -1.57. The van der Waals surface area contributed by atoms with Crippen LogP contribution in [0.4, 0.5) is 5.82 Å². The molecule has 0 radical (unpaired) electrons. The molecule has 1 amide bonds. The van der Waals surface area contributed by atoms with Crippen LogP contribution in [0, 0.1) is 5.92 Å². The van der Waals surface area contributed by atoms with Crippen LogP contribution in [0.15, 0.2) is 12.3 Å². The van der Waals surface area contributed by atoms with Gasteiger partial charge in [0.15, 0.2) is 11.6 Å². The van der Waals surface area contributed by atoms with Gasteiger partial charge in [0.05, 0.1) is 30.2 Å². The predicted octanol–water partition coefficient (Wildman–Crippen LogP) is 1.16. The second-order valence-electron chi connectivity index (χ2n) is 7.30. The highest BCUT2D eigenvalue weighted by Crippen LogP contribution is 2.35. The molecule has 7 nitrogen and oxygen atoms in total. The highest BCUT2D eigenvalue weighted by Gasteiger charge is 2.36. The van der Waals surface area contributed by atoms with Gasteiger partial charge in [-0.15, -0.1) is 0 Å². The van der Waals surface area contributed by atoms with E-state index in [0.29, 0.717) is 44.0 Å². The van der Waals surface area contributed by atoms with Crippen molar-refractivity contribution in [1.82, 2.24) is 15.2 Å². The molecule has 4 rings (SSSR count). The second-order valence-corrected chi connectivity index (χ2v) is 7.73. The van der Waals surface area contributed by atoms with Gasteiger partial charge in [-0.2, -0.15) is 0 Å². The third kappa shape index (κ3) is 3.61. The summed E-state index contributed by atoms with van der Waals surface area (Å²) in [6.07, 6.45) is 2.80. The van der Waals surface area contributed by atoms with E-state index in [1.165, 1.54) is 0 Å². The summed E-state index contributed by atoms with van der Waals surface area (Å²) < 4.78 is 11.5. The zero-order valence-electron chi connectivity index (χ0n) is 15.0. The van der Waals surface area contributed by atoms with E-state index in [2.05, 4.69) is 15.2 Å². The summed E-state index contributed by atoms with van der Waals surface area (Å²) >= 11 is 6.00. The third-order valence-corrected chi connectivity index (χ3v) is 5.54. The maximum Gasteiger partial charge on any atom is 0.227 e. The van der Waals surface area contributed by atoms with E-state index in [1.807, 2.05) is 11.8 Å². The summed E-state index contributed by atoms with van der Waals surface area (Å²) in [6.45, 7) is 6.80. The van der Waals surface area contributed by atoms with Crippen LogP contribution in [-0.2, 0) is 9.53 Å². The third-order valence-electron chi connectivity index (χ3n) is 5.33. The molecular formula is C18H25ClN4O3. The Bertz CT molecular complexity index is 670. The molecule has 1 aromatic rings. The molecule has 8 heteroatoms. The van der Waals surface area contributed by atoms with Crippen molar-refractivity contribution in [1.29, 1.82) is 0 Å². The zero-order valence-corrected chi connectivity index (χ0v) is 15.7. The Kier molecular flexibility index (Phi) is 5.20. The molecule has 3 aliphatic rings. The SMILES string of the molecule is CC(COCC1CCN1)C(=O)N1CCN2c3ncc(Cl)cc3OCC2C1. The van der Waals surface area contributed by atoms with Crippen LogP contribution in [0.5, 0.6) is 5.75 Å². The molecule has 0 spiro atoms. The van der Waals surface area contributed by atoms with Crippen LogP contribution < -0.4 is 15.0 Å². The fourth-order valence-electron chi connectivity index (χ4n) is 3.66. The van der Waals surface area contributed by atoms with Crippen molar-refractivity contribution >= 4 is 23.3 Å². The average molecular weight is 381 g/mol. The summed E-state index contributed by atoms with van der Waals surface area (Å²) in [5.74, 6) is 1.57. The Labute approximate surface area is 158 Å². The van der Waals surface area contributed by atoms with Gasteiger partial charge < -0.3 is 24.6 Å².